The van der Waals surface area contributed by atoms with Gasteiger partial charge in [0.25, 0.3) is 0 Å². The zero-order valence-electron chi connectivity index (χ0n) is 15.8. The van der Waals surface area contributed by atoms with Crippen molar-refractivity contribution in [1.29, 1.82) is 0 Å². The van der Waals surface area contributed by atoms with Crippen LogP contribution in [0, 0.1) is 22.9 Å². The molecular formula is C18H34OSi2. The molecule has 3 heteroatoms. The molecule has 0 unspecified atom stereocenters. The lowest BCUT2D eigenvalue weighted by atomic mass is 10.2. The van der Waals surface area contributed by atoms with Gasteiger partial charge in [-0.05, 0) is 10.1 Å². The molecule has 0 aliphatic heterocycles. The summed E-state index contributed by atoms with van der Waals surface area (Å²) in [4.78, 5) is 0. The minimum Gasteiger partial charge on any atom is -0.356 e. The first-order chi connectivity index (χ1) is 9.21. The third kappa shape index (κ3) is 6.87. The van der Waals surface area contributed by atoms with Crippen LogP contribution in [0.2, 0.25) is 36.3 Å². The lowest BCUT2D eigenvalue weighted by Crippen LogP contribution is -2.35. The van der Waals surface area contributed by atoms with Crippen molar-refractivity contribution in [3.63, 3.8) is 0 Å². The zero-order chi connectivity index (χ0) is 16.9. The molecule has 0 saturated carbocycles. The highest BCUT2D eigenvalue weighted by molar-refractivity contribution is 6.88. The lowest BCUT2D eigenvalue weighted by Gasteiger charge is -2.31. The van der Waals surface area contributed by atoms with E-state index in [-0.39, 0.29) is 0 Å². The molecule has 0 rings (SSSR count). The highest BCUT2D eigenvalue weighted by atomic mass is 28.3. The Labute approximate surface area is 135 Å². The third-order valence-corrected chi connectivity index (χ3v) is 14.0. The normalized spacial score (nSPS) is 13.0. The summed E-state index contributed by atoms with van der Waals surface area (Å²) in [7, 11) is -3.00. The summed E-state index contributed by atoms with van der Waals surface area (Å²) in [6.45, 7) is 23.9. The average Bonchev–Trinajstić information content (AvgIpc) is 2.24. The molecule has 0 aliphatic carbocycles. The molecule has 1 nitrogen and oxygen atoms in total. The first-order valence-electron chi connectivity index (χ1n) is 7.78. The molecule has 120 valence electrons. The fourth-order valence-electron chi connectivity index (χ4n) is 1.04. The van der Waals surface area contributed by atoms with E-state index in [0.717, 1.165) is 0 Å². The molecule has 0 bridgehead atoms. The minimum atomic E-state index is -1.50. The zero-order valence-corrected chi connectivity index (χ0v) is 17.8. The molecule has 0 atom stereocenters. The van der Waals surface area contributed by atoms with Gasteiger partial charge in [-0.25, -0.2) is 0 Å². The molecule has 0 amide bonds. The number of hydrogen-bond acceptors (Lipinski definition) is 1. The van der Waals surface area contributed by atoms with Crippen molar-refractivity contribution in [3.05, 3.63) is 0 Å². The first kappa shape index (κ1) is 20.5. The van der Waals surface area contributed by atoms with E-state index in [2.05, 4.69) is 90.7 Å². The molecule has 0 spiro atoms. The lowest BCUT2D eigenvalue weighted by molar-refractivity contribution is 0.204. The summed E-state index contributed by atoms with van der Waals surface area (Å²) in [6.07, 6.45) is 0. The molecule has 0 aliphatic rings. The van der Waals surface area contributed by atoms with Crippen LogP contribution in [0.3, 0.4) is 0 Å². The molecule has 0 heterocycles. The van der Waals surface area contributed by atoms with Crippen LogP contribution in [0.5, 0.6) is 0 Å². The van der Waals surface area contributed by atoms with Crippen molar-refractivity contribution in [2.75, 3.05) is 13.2 Å². The highest BCUT2D eigenvalue weighted by Gasteiger charge is 2.34. The second kappa shape index (κ2) is 7.18. The Kier molecular flexibility index (Phi) is 7.02. The average molecular weight is 323 g/mol. The van der Waals surface area contributed by atoms with E-state index in [4.69, 9.17) is 4.74 Å². The summed E-state index contributed by atoms with van der Waals surface area (Å²) in [5.41, 5.74) is 6.91. The fraction of sp³-hybridized carbons (Fsp3) is 0.778. The van der Waals surface area contributed by atoms with Crippen LogP contribution >= 0.6 is 0 Å². The Morgan fingerprint density at radius 3 is 1.19 bits per heavy atom. The van der Waals surface area contributed by atoms with Crippen molar-refractivity contribution in [1.82, 2.24) is 0 Å². The van der Waals surface area contributed by atoms with E-state index in [1.807, 2.05) is 0 Å². The SMILES string of the molecule is CC(C)(C)[Si](C)(C)C#CCOCC#C[Si](C)(C)C(C)(C)C. The molecule has 0 aromatic rings. The van der Waals surface area contributed by atoms with Crippen molar-refractivity contribution in [2.24, 2.45) is 0 Å². The maximum Gasteiger partial charge on any atom is 0.137 e. The standard InChI is InChI=1S/C18H34OSi2/c1-17(2,3)20(7,8)15-11-13-19-14-12-16-21(9,10)18(4,5)6/h13-14H2,1-10H3. The molecule has 0 N–H and O–H groups in total. The summed E-state index contributed by atoms with van der Waals surface area (Å²) < 4.78 is 5.55. The maximum atomic E-state index is 5.55. The van der Waals surface area contributed by atoms with Gasteiger partial charge in [0, 0.05) is 0 Å². The second-order valence-corrected chi connectivity index (χ2v) is 18.8. The predicted molar refractivity (Wildman–Crippen MR) is 101 cm³/mol. The molecule has 0 fully saturated rings. The molecule has 0 saturated heterocycles. The molecule has 0 aromatic carbocycles. The number of ether oxygens (including phenoxy) is 1. The predicted octanol–water partition coefficient (Wildman–Crippen LogP) is 5.11. The van der Waals surface area contributed by atoms with Crippen LogP contribution in [-0.2, 0) is 4.74 Å². The summed E-state index contributed by atoms with van der Waals surface area (Å²) in [5.74, 6) is 6.39. The van der Waals surface area contributed by atoms with Crippen molar-refractivity contribution >= 4 is 16.1 Å². The Balaban J connectivity index is 4.35. The van der Waals surface area contributed by atoms with Crippen molar-refractivity contribution in [3.8, 4) is 22.9 Å². The van der Waals surface area contributed by atoms with Gasteiger partial charge in [-0.1, -0.05) is 79.6 Å². The van der Waals surface area contributed by atoms with Gasteiger partial charge in [-0.2, -0.15) is 0 Å². The smallest absolute Gasteiger partial charge is 0.137 e. The third-order valence-electron chi connectivity index (χ3n) is 4.90. The topological polar surface area (TPSA) is 9.23 Å². The number of rotatable bonds is 2. The molecule has 0 radical (unpaired) electrons. The maximum absolute atomic E-state index is 5.55. The largest absolute Gasteiger partial charge is 0.356 e. The Morgan fingerprint density at radius 2 is 0.952 bits per heavy atom. The van der Waals surface area contributed by atoms with E-state index in [1.54, 1.807) is 0 Å². The minimum absolute atomic E-state index is 0.308. The van der Waals surface area contributed by atoms with Crippen LogP contribution in [0.15, 0.2) is 0 Å². The van der Waals surface area contributed by atoms with Gasteiger partial charge < -0.3 is 4.74 Å². The van der Waals surface area contributed by atoms with Gasteiger partial charge in [-0.3, -0.25) is 0 Å². The quantitative estimate of drug-likeness (QED) is 0.390. The summed E-state index contributed by atoms with van der Waals surface area (Å²) in [5, 5.41) is 0.615. The van der Waals surface area contributed by atoms with Gasteiger partial charge in [0.05, 0.1) is 0 Å². The van der Waals surface area contributed by atoms with Crippen LogP contribution in [0.1, 0.15) is 41.5 Å². The Morgan fingerprint density at radius 1 is 0.667 bits per heavy atom. The number of hydrogen-bond donors (Lipinski definition) is 0. The van der Waals surface area contributed by atoms with E-state index in [9.17, 15) is 0 Å². The molecular weight excluding hydrogens is 288 g/mol. The second-order valence-electron chi connectivity index (χ2n) is 8.85. The van der Waals surface area contributed by atoms with Crippen molar-refractivity contribution < 1.29 is 4.74 Å². The summed E-state index contributed by atoms with van der Waals surface area (Å²) in [6, 6.07) is 0. The van der Waals surface area contributed by atoms with Gasteiger partial charge in [0.1, 0.15) is 29.4 Å². The summed E-state index contributed by atoms with van der Waals surface area (Å²) >= 11 is 0. The van der Waals surface area contributed by atoms with Crippen LogP contribution in [0.25, 0.3) is 0 Å². The molecule has 0 aromatic heterocycles. The molecule has 21 heavy (non-hydrogen) atoms. The van der Waals surface area contributed by atoms with Gasteiger partial charge in [0.15, 0.2) is 0 Å². The Hall–Kier alpha value is -0.486. The monoisotopic (exact) mass is 322 g/mol. The Bertz CT molecular complexity index is 410. The fourth-order valence-corrected chi connectivity index (χ4v) is 2.82. The van der Waals surface area contributed by atoms with Crippen LogP contribution in [-0.4, -0.2) is 29.4 Å². The van der Waals surface area contributed by atoms with Gasteiger partial charge in [0.2, 0.25) is 0 Å². The van der Waals surface area contributed by atoms with E-state index in [0.29, 0.717) is 23.3 Å². The van der Waals surface area contributed by atoms with Crippen molar-refractivity contribution in [2.45, 2.75) is 77.8 Å². The van der Waals surface area contributed by atoms with E-state index < -0.39 is 16.1 Å². The first-order valence-corrected chi connectivity index (χ1v) is 13.8. The van der Waals surface area contributed by atoms with Gasteiger partial charge in [-0.15, -0.1) is 11.1 Å². The van der Waals surface area contributed by atoms with E-state index >= 15 is 0 Å². The van der Waals surface area contributed by atoms with Crippen LogP contribution < -0.4 is 0 Å². The highest BCUT2D eigenvalue weighted by Crippen LogP contribution is 2.35. The van der Waals surface area contributed by atoms with E-state index in [1.165, 1.54) is 0 Å². The van der Waals surface area contributed by atoms with Gasteiger partial charge >= 0.3 is 0 Å². The van der Waals surface area contributed by atoms with Crippen LogP contribution in [0.4, 0.5) is 0 Å².